The van der Waals surface area contributed by atoms with Crippen molar-refractivity contribution in [3.63, 3.8) is 0 Å². The van der Waals surface area contributed by atoms with Crippen LogP contribution in [0.4, 0.5) is 0 Å². The number of aromatic amines is 1. The molecule has 1 amide bonds. The Morgan fingerprint density at radius 3 is 2.48 bits per heavy atom. The van der Waals surface area contributed by atoms with Crippen molar-refractivity contribution in [3.8, 4) is 5.75 Å². The van der Waals surface area contributed by atoms with Gasteiger partial charge in [-0.05, 0) is 68.7 Å². The molecule has 3 aromatic rings. The molecule has 0 atom stereocenters. The number of ether oxygens (including phenoxy) is 2. The van der Waals surface area contributed by atoms with E-state index in [4.69, 9.17) is 14.5 Å². The number of benzene rings is 1. The fourth-order valence-corrected chi connectivity index (χ4v) is 5.06. The Labute approximate surface area is 193 Å². The van der Waals surface area contributed by atoms with E-state index < -0.39 is 0 Å². The summed E-state index contributed by atoms with van der Waals surface area (Å²) in [5.41, 5.74) is 4.90. The smallest absolute Gasteiger partial charge is 0.253 e. The van der Waals surface area contributed by atoms with Gasteiger partial charge < -0.3 is 19.4 Å². The van der Waals surface area contributed by atoms with Gasteiger partial charge in [0.15, 0.2) is 5.65 Å². The van der Waals surface area contributed by atoms with Gasteiger partial charge in [0.2, 0.25) is 0 Å². The lowest BCUT2D eigenvalue weighted by molar-refractivity contribution is 0.0713. The summed E-state index contributed by atoms with van der Waals surface area (Å²) in [6, 6.07) is 7.61. The summed E-state index contributed by atoms with van der Waals surface area (Å²) < 4.78 is 11.3. The summed E-state index contributed by atoms with van der Waals surface area (Å²) in [6.45, 7) is 3.10. The second-order valence-electron chi connectivity index (χ2n) is 9.53. The first kappa shape index (κ1) is 20.7. The van der Waals surface area contributed by atoms with Crippen LogP contribution in [0.2, 0.25) is 0 Å². The molecule has 0 unspecified atom stereocenters. The maximum Gasteiger partial charge on any atom is 0.253 e. The molecule has 7 heteroatoms. The van der Waals surface area contributed by atoms with Crippen LogP contribution < -0.4 is 4.74 Å². The zero-order chi connectivity index (χ0) is 22.2. The van der Waals surface area contributed by atoms with Gasteiger partial charge in [0.05, 0.1) is 18.0 Å². The number of rotatable bonds is 5. The third-order valence-corrected chi connectivity index (χ3v) is 7.22. The number of piperidine rings is 1. The average Bonchev–Trinajstić information content (AvgIpc) is 3.59. The predicted molar refractivity (Wildman–Crippen MR) is 125 cm³/mol. The number of amides is 1. The van der Waals surface area contributed by atoms with Crippen LogP contribution in [0.15, 0.2) is 36.7 Å². The largest absolute Gasteiger partial charge is 0.490 e. The first-order chi connectivity index (χ1) is 16.2. The number of nitrogens with zero attached hydrogens (tertiary/aromatic N) is 3. The van der Waals surface area contributed by atoms with Crippen LogP contribution in [0, 0.1) is 0 Å². The van der Waals surface area contributed by atoms with Crippen molar-refractivity contribution in [2.24, 2.45) is 0 Å². The predicted octanol–water partition coefficient (Wildman–Crippen LogP) is 4.41. The van der Waals surface area contributed by atoms with Crippen LogP contribution >= 0.6 is 0 Å². The molecular weight excluding hydrogens is 416 g/mol. The van der Waals surface area contributed by atoms with Gasteiger partial charge >= 0.3 is 0 Å². The topological polar surface area (TPSA) is 80.3 Å². The molecule has 0 spiro atoms. The first-order valence-corrected chi connectivity index (χ1v) is 12.2. The molecule has 2 saturated heterocycles. The van der Waals surface area contributed by atoms with Crippen LogP contribution in [-0.2, 0) is 4.74 Å². The maximum absolute atomic E-state index is 13.0. The van der Waals surface area contributed by atoms with Crippen molar-refractivity contribution in [2.45, 2.75) is 56.5 Å². The van der Waals surface area contributed by atoms with E-state index >= 15 is 0 Å². The monoisotopic (exact) mass is 446 g/mol. The minimum absolute atomic E-state index is 0.104. The van der Waals surface area contributed by atoms with Gasteiger partial charge in [0.1, 0.15) is 11.3 Å². The van der Waals surface area contributed by atoms with Crippen LogP contribution in [0.5, 0.6) is 5.75 Å². The van der Waals surface area contributed by atoms with Crippen LogP contribution in [0.25, 0.3) is 11.2 Å². The number of aromatic nitrogens is 3. The highest BCUT2D eigenvalue weighted by Crippen LogP contribution is 2.34. The molecule has 6 rings (SSSR count). The van der Waals surface area contributed by atoms with Crippen molar-refractivity contribution in [1.29, 1.82) is 0 Å². The lowest BCUT2D eigenvalue weighted by Crippen LogP contribution is -2.37. The van der Waals surface area contributed by atoms with E-state index in [0.717, 1.165) is 93.0 Å². The number of H-pyrrole nitrogens is 1. The molecule has 1 saturated carbocycles. The van der Waals surface area contributed by atoms with Crippen molar-refractivity contribution in [3.05, 3.63) is 53.5 Å². The third kappa shape index (κ3) is 4.34. The van der Waals surface area contributed by atoms with Gasteiger partial charge in [-0.15, -0.1) is 0 Å². The molecule has 2 aliphatic heterocycles. The Hall–Kier alpha value is -2.93. The molecule has 172 valence electrons. The Morgan fingerprint density at radius 1 is 1.00 bits per heavy atom. The molecule has 1 N–H and O–H groups in total. The van der Waals surface area contributed by atoms with Gasteiger partial charge in [-0.25, -0.2) is 9.97 Å². The van der Waals surface area contributed by atoms with Gasteiger partial charge in [-0.3, -0.25) is 4.79 Å². The quantitative estimate of drug-likeness (QED) is 0.628. The summed E-state index contributed by atoms with van der Waals surface area (Å²) >= 11 is 0. The molecule has 2 aromatic heterocycles. The second kappa shape index (κ2) is 8.78. The van der Waals surface area contributed by atoms with Crippen molar-refractivity contribution < 1.29 is 14.3 Å². The van der Waals surface area contributed by atoms with E-state index in [0.29, 0.717) is 17.9 Å². The molecule has 3 fully saturated rings. The van der Waals surface area contributed by atoms with Gasteiger partial charge in [-0.2, -0.15) is 0 Å². The highest BCUT2D eigenvalue weighted by atomic mass is 16.5. The van der Waals surface area contributed by atoms with E-state index in [-0.39, 0.29) is 5.91 Å². The van der Waals surface area contributed by atoms with Crippen LogP contribution in [0.3, 0.4) is 0 Å². The molecule has 0 radical (unpaired) electrons. The van der Waals surface area contributed by atoms with E-state index in [1.807, 2.05) is 35.4 Å². The van der Waals surface area contributed by atoms with Crippen LogP contribution in [0.1, 0.15) is 72.0 Å². The Bertz CT molecular complexity index is 1120. The number of hydrogen-bond donors (Lipinski definition) is 1. The molecule has 1 aromatic carbocycles. The van der Waals surface area contributed by atoms with Crippen molar-refractivity contribution >= 4 is 17.1 Å². The van der Waals surface area contributed by atoms with E-state index in [1.54, 1.807) is 0 Å². The van der Waals surface area contributed by atoms with Gasteiger partial charge in [0.25, 0.3) is 5.91 Å². The normalized spacial score (nSPS) is 20.3. The van der Waals surface area contributed by atoms with E-state index in [2.05, 4.69) is 16.2 Å². The van der Waals surface area contributed by atoms with Crippen LogP contribution in [-0.4, -0.2) is 58.2 Å². The van der Waals surface area contributed by atoms with Gasteiger partial charge in [-0.1, -0.05) is 0 Å². The average molecular weight is 447 g/mol. The minimum atomic E-state index is 0.104. The fourth-order valence-electron chi connectivity index (χ4n) is 5.06. The Kier molecular flexibility index (Phi) is 5.50. The summed E-state index contributed by atoms with van der Waals surface area (Å²) in [4.78, 5) is 28.0. The molecule has 3 aliphatic rings. The molecule has 7 nitrogen and oxygen atoms in total. The molecule has 1 aliphatic carbocycles. The SMILES string of the molecule is O=C(c1ccc(OC2CC2)cc1)N1CCC(c2c[nH]c3ncc(C4CCOCC4)nc23)CC1. The minimum Gasteiger partial charge on any atom is -0.490 e. The molecule has 0 bridgehead atoms. The maximum atomic E-state index is 13.0. The summed E-state index contributed by atoms with van der Waals surface area (Å²) in [5.74, 6) is 1.77. The summed E-state index contributed by atoms with van der Waals surface area (Å²) in [5, 5.41) is 0. The summed E-state index contributed by atoms with van der Waals surface area (Å²) in [7, 11) is 0. The van der Waals surface area contributed by atoms with Crippen molar-refractivity contribution in [1.82, 2.24) is 19.9 Å². The zero-order valence-electron chi connectivity index (χ0n) is 18.8. The van der Waals surface area contributed by atoms with E-state index in [1.165, 1.54) is 5.56 Å². The number of carbonyl (C=O) groups is 1. The third-order valence-electron chi connectivity index (χ3n) is 7.22. The Balaban J connectivity index is 1.12. The molecule has 4 heterocycles. The fraction of sp³-hybridized carbons (Fsp3) is 0.500. The number of nitrogens with one attached hydrogen (secondary N) is 1. The Morgan fingerprint density at radius 2 is 1.76 bits per heavy atom. The van der Waals surface area contributed by atoms with Gasteiger partial charge in [0, 0.05) is 49.5 Å². The summed E-state index contributed by atoms with van der Waals surface area (Å²) in [6.07, 6.45) is 10.5. The zero-order valence-corrected chi connectivity index (χ0v) is 18.8. The number of carbonyl (C=O) groups excluding carboxylic acids is 1. The van der Waals surface area contributed by atoms with E-state index in [9.17, 15) is 4.79 Å². The standard InChI is InChI=1S/C26H30N4O3/c31-26(19-1-3-20(4-2-19)33-21-5-6-21)30-11-7-17(8-12-30)22-15-27-25-24(22)29-23(16-28-25)18-9-13-32-14-10-18/h1-4,15-18,21H,5-14H2,(H,27,28). The highest BCUT2D eigenvalue weighted by molar-refractivity contribution is 5.94. The highest BCUT2D eigenvalue weighted by Gasteiger charge is 2.28. The number of hydrogen-bond acceptors (Lipinski definition) is 5. The number of likely N-dealkylation sites (tertiary alicyclic amines) is 1. The molecule has 33 heavy (non-hydrogen) atoms. The van der Waals surface area contributed by atoms with Crippen molar-refractivity contribution in [2.75, 3.05) is 26.3 Å². The lowest BCUT2D eigenvalue weighted by Gasteiger charge is -2.32. The number of fused-ring (bicyclic) bond motifs is 1. The second-order valence-corrected chi connectivity index (χ2v) is 9.53. The molecular formula is C26H30N4O3. The lowest BCUT2D eigenvalue weighted by atomic mass is 9.90. The first-order valence-electron chi connectivity index (χ1n) is 12.2.